The number of unbranched alkanes of at least 4 members (excludes halogenated alkanes) is 1. The highest BCUT2D eigenvalue weighted by atomic mass is 16.6. The fourth-order valence-corrected chi connectivity index (χ4v) is 2.51. The molecule has 39 heavy (non-hydrogen) atoms. The molecule has 11 nitrogen and oxygen atoms in total. The average molecular weight is 568 g/mol. The number of alkyl carbamates (subject to hydrolysis) is 1. The molecule has 0 saturated carbocycles. The van der Waals surface area contributed by atoms with Crippen LogP contribution in [0.1, 0.15) is 47.0 Å². The number of carbonyl (C=O) groups excluding carboxylic acids is 1. The molecule has 0 aromatic heterocycles. The van der Waals surface area contributed by atoms with Crippen molar-refractivity contribution in [3.63, 3.8) is 0 Å². The van der Waals surface area contributed by atoms with E-state index < -0.39 is 6.09 Å². The van der Waals surface area contributed by atoms with E-state index >= 15 is 0 Å². The normalized spacial score (nSPS) is 11.0. The first-order valence-corrected chi connectivity index (χ1v) is 14.5. The van der Waals surface area contributed by atoms with Crippen molar-refractivity contribution in [2.75, 3.05) is 119 Å². The molecule has 0 unspecified atom stereocenters. The predicted octanol–water partition coefficient (Wildman–Crippen LogP) is 3.64. The monoisotopic (exact) mass is 567 g/mol. The topological polar surface area (TPSA) is 112 Å². The molecule has 0 spiro atoms. The van der Waals surface area contributed by atoms with E-state index in [1.807, 2.05) is 26.0 Å². The Morgan fingerprint density at radius 1 is 0.513 bits per heavy atom. The van der Waals surface area contributed by atoms with Gasteiger partial charge < -0.3 is 47.9 Å². The zero-order chi connectivity index (χ0) is 28.9. The number of hydrogen-bond acceptors (Lipinski definition) is 10. The third-order valence-electron chi connectivity index (χ3n) is 4.44. The van der Waals surface area contributed by atoms with Gasteiger partial charge >= 0.3 is 6.09 Å². The highest BCUT2D eigenvalue weighted by Gasteiger charge is 2.00. The maximum absolute atomic E-state index is 11.3. The molecule has 0 bridgehead atoms. The summed E-state index contributed by atoms with van der Waals surface area (Å²) in [6.07, 6.45) is 6.43. The Morgan fingerprint density at radius 3 is 1.26 bits per heavy atom. The molecule has 0 rings (SSSR count). The minimum atomic E-state index is -0.404. The minimum absolute atomic E-state index is 0.227. The van der Waals surface area contributed by atoms with Gasteiger partial charge in [0.25, 0.3) is 0 Å². The first-order chi connectivity index (χ1) is 19.3. The molecule has 0 fully saturated rings. The number of carbonyl (C=O) groups is 1. The number of rotatable bonds is 30. The van der Waals surface area contributed by atoms with Crippen molar-refractivity contribution >= 4 is 6.09 Å². The molecular formula is C28H57NO10. The van der Waals surface area contributed by atoms with Crippen LogP contribution in [0.3, 0.4) is 0 Å². The summed E-state index contributed by atoms with van der Waals surface area (Å²) in [5.74, 6) is 0. The smallest absolute Gasteiger partial charge is 0.407 e. The molecule has 0 aliphatic carbocycles. The summed E-state index contributed by atoms with van der Waals surface area (Å²) < 4.78 is 48.2. The molecule has 0 aliphatic heterocycles. The van der Waals surface area contributed by atoms with Gasteiger partial charge in [-0.3, -0.25) is 0 Å². The molecule has 0 saturated heterocycles. The molecule has 0 radical (unpaired) electrons. The number of nitrogens with one attached hydrogen (secondary N) is 1. The second kappa shape index (κ2) is 38.8. The van der Waals surface area contributed by atoms with Crippen molar-refractivity contribution in [1.82, 2.24) is 5.32 Å². The molecule has 0 aromatic carbocycles. The molecule has 0 aliphatic rings. The fourth-order valence-electron chi connectivity index (χ4n) is 2.51. The Labute approximate surface area is 237 Å². The Hall–Kier alpha value is -1.31. The van der Waals surface area contributed by atoms with Crippen LogP contribution in [0.15, 0.2) is 12.2 Å². The predicted molar refractivity (Wildman–Crippen MR) is 152 cm³/mol. The van der Waals surface area contributed by atoms with Crippen LogP contribution in [0.5, 0.6) is 0 Å². The van der Waals surface area contributed by atoms with Crippen LogP contribution in [-0.2, 0) is 42.6 Å². The maximum atomic E-state index is 11.3. The molecule has 234 valence electrons. The summed E-state index contributed by atoms with van der Waals surface area (Å²) in [4.78, 5) is 11.3. The van der Waals surface area contributed by atoms with E-state index in [2.05, 4.69) is 19.2 Å². The van der Waals surface area contributed by atoms with Crippen LogP contribution in [0.4, 0.5) is 4.79 Å². The molecule has 11 heteroatoms. The van der Waals surface area contributed by atoms with Crippen LogP contribution in [-0.4, -0.2) is 125 Å². The van der Waals surface area contributed by atoms with Crippen LogP contribution in [0.2, 0.25) is 0 Å². The lowest BCUT2D eigenvalue weighted by atomic mass is 10.3. The molecule has 1 N–H and O–H groups in total. The summed E-state index contributed by atoms with van der Waals surface area (Å²) in [5.41, 5.74) is 0. The fraction of sp³-hybridized carbons (Fsp3) is 0.893. The molecule has 0 aromatic rings. The van der Waals surface area contributed by atoms with Crippen LogP contribution in [0.25, 0.3) is 0 Å². The van der Waals surface area contributed by atoms with E-state index in [0.717, 1.165) is 25.9 Å². The zero-order valence-corrected chi connectivity index (χ0v) is 25.1. The van der Waals surface area contributed by atoms with Crippen molar-refractivity contribution in [3.8, 4) is 0 Å². The van der Waals surface area contributed by atoms with Gasteiger partial charge in [0.2, 0.25) is 0 Å². The van der Waals surface area contributed by atoms with Gasteiger partial charge in [-0.2, -0.15) is 0 Å². The van der Waals surface area contributed by atoms with Gasteiger partial charge in [-0.05, 0) is 12.8 Å². The van der Waals surface area contributed by atoms with E-state index in [1.165, 1.54) is 0 Å². The SMILES string of the molecule is CC.CCCCNC(=O)OCCOCCOCCOCCOC/C=C/COCCOCCOCCOCCC. The summed E-state index contributed by atoms with van der Waals surface area (Å²) in [5, 5.41) is 2.67. The highest BCUT2D eigenvalue weighted by Crippen LogP contribution is 1.88. The summed E-state index contributed by atoms with van der Waals surface area (Å²) in [6.45, 7) is 17.5. The van der Waals surface area contributed by atoms with Crippen LogP contribution >= 0.6 is 0 Å². The summed E-state index contributed by atoms with van der Waals surface area (Å²) in [6, 6.07) is 0. The van der Waals surface area contributed by atoms with Gasteiger partial charge in [-0.1, -0.05) is 46.3 Å². The number of amides is 1. The summed E-state index contributed by atoms with van der Waals surface area (Å²) in [7, 11) is 0. The Kier molecular flexibility index (Phi) is 39.7. The van der Waals surface area contributed by atoms with E-state index in [9.17, 15) is 4.79 Å². The van der Waals surface area contributed by atoms with E-state index in [1.54, 1.807) is 0 Å². The standard InChI is InChI=1S/C26H51NO10.C2H6/c1-3-5-8-27-26(28)37-25-24-36-23-22-35-21-20-34-17-14-31-11-7-6-10-30-13-16-33-19-18-32-15-12-29-9-4-2;1-2/h6-7H,3-5,8-25H2,1-2H3,(H,27,28);1-2H3/b7-6+;. The third-order valence-corrected chi connectivity index (χ3v) is 4.44. The molecular weight excluding hydrogens is 510 g/mol. The lowest BCUT2D eigenvalue weighted by molar-refractivity contribution is -0.00448. The van der Waals surface area contributed by atoms with Gasteiger partial charge in [-0.15, -0.1) is 0 Å². The van der Waals surface area contributed by atoms with Crippen molar-refractivity contribution in [2.24, 2.45) is 0 Å². The first-order valence-electron chi connectivity index (χ1n) is 14.5. The Balaban J connectivity index is 0. The van der Waals surface area contributed by atoms with E-state index in [4.69, 9.17) is 42.6 Å². The Morgan fingerprint density at radius 2 is 0.872 bits per heavy atom. The first kappa shape index (κ1) is 39.8. The van der Waals surface area contributed by atoms with Gasteiger partial charge in [0.05, 0.1) is 99.1 Å². The van der Waals surface area contributed by atoms with Gasteiger partial charge in [-0.25, -0.2) is 4.79 Å². The van der Waals surface area contributed by atoms with Gasteiger partial charge in [0.15, 0.2) is 0 Å². The number of ether oxygens (including phenoxy) is 9. The van der Waals surface area contributed by atoms with Crippen LogP contribution in [0, 0.1) is 0 Å². The minimum Gasteiger partial charge on any atom is -0.447 e. The van der Waals surface area contributed by atoms with Crippen molar-refractivity contribution in [2.45, 2.75) is 47.0 Å². The molecule has 1 amide bonds. The quantitative estimate of drug-likeness (QED) is 0.102. The second-order valence-corrected chi connectivity index (χ2v) is 7.71. The van der Waals surface area contributed by atoms with Crippen molar-refractivity contribution in [1.29, 1.82) is 0 Å². The lowest BCUT2D eigenvalue weighted by Crippen LogP contribution is -2.26. The Bertz CT molecular complexity index is 483. The van der Waals surface area contributed by atoms with Crippen molar-refractivity contribution in [3.05, 3.63) is 12.2 Å². The van der Waals surface area contributed by atoms with E-state index in [0.29, 0.717) is 106 Å². The highest BCUT2D eigenvalue weighted by molar-refractivity contribution is 5.66. The third kappa shape index (κ3) is 38.9. The largest absolute Gasteiger partial charge is 0.447 e. The summed E-state index contributed by atoms with van der Waals surface area (Å²) >= 11 is 0. The molecule has 0 atom stereocenters. The van der Waals surface area contributed by atoms with Gasteiger partial charge in [0, 0.05) is 13.2 Å². The average Bonchev–Trinajstić information content (AvgIpc) is 2.95. The van der Waals surface area contributed by atoms with Gasteiger partial charge in [0.1, 0.15) is 6.61 Å². The van der Waals surface area contributed by atoms with Crippen molar-refractivity contribution < 1.29 is 47.4 Å². The maximum Gasteiger partial charge on any atom is 0.407 e. The van der Waals surface area contributed by atoms with Crippen LogP contribution < -0.4 is 5.32 Å². The lowest BCUT2D eigenvalue weighted by Gasteiger charge is -2.08. The second-order valence-electron chi connectivity index (χ2n) is 7.71. The van der Waals surface area contributed by atoms with E-state index in [-0.39, 0.29) is 6.61 Å². The zero-order valence-electron chi connectivity index (χ0n) is 25.1. The molecule has 0 heterocycles. The number of hydrogen-bond donors (Lipinski definition) is 1.